The summed E-state index contributed by atoms with van der Waals surface area (Å²) in [6.45, 7) is 0. The molecule has 0 unspecified atom stereocenters. The maximum atomic E-state index is 12.5. The van der Waals surface area contributed by atoms with E-state index in [9.17, 15) is 9.90 Å². The molecule has 0 saturated heterocycles. The third kappa shape index (κ3) is 2.33. The monoisotopic (exact) mass is 314 g/mol. The van der Waals surface area contributed by atoms with Gasteiger partial charge in [-0.25, -0.2) is 4.98 Å². The van der Waals surface area contributed by atoms with Crippen LogP contribution in [0, 0.1) is 0 Å². The van der Waals surface area contributed by atoms with Gasteiger partial charge in [-0.2, -0.15) is 0 Å². The summed E-state index contributed by atoms with van der Waals surface area (Å²) in [5, 5.41) is 18.8. The number of nitrogens with zero attached hydrogens (tertiary/aromatic N) is 4. The van der Waals surface area contributed by atoms with Crippen molar-refractivity contribution in [2.24, 2.45) is 0 Å². The number of anilines is 1. The Morgan fingerprint density at radius 3 is 2.73 bits per heavy atom. The van der Waals surface area contributed by atoms with Gasteiger partial charge in [-0.05, 0) is 24.3 Å². The predicted octanol–water partition coefficient (Wildman–Crippen LogP) is 2.66. The van der Waals surface area contributed by atoms with Gasteiger partial charge in [0.15, 0.2) is 11.4 Å². The van der Waals surface area contributed by atoms with E-state index in [-0.39, 0.29) is 11.4 Å². The number of carbonyl (C=O) groups excluding carboxylic acids is 1. The second-order valence-corrected chi connectivity index (χ2v) is 4.99. The number of fused-ring (bicyclic) bond motifs is 1. The van der Waals surface area contributed by atoms with Gasteiger partial charge in [0.25, 0.3) is 5.91 Å². The third-order valence-corrected chi connectivity index (χ3v) is 3.52. The average molecular weight is 315 g/mol. The zero-order valence-corrected chi connectivity index (χ0v) is 12.3. The Kier molecular flexibility index (Phi) is 3.60. The van der Waals surface area contributed by atoms with Crippen LogP contribution < -0.4 is 4.90 Å². The largest absolute Gasteiger partial charge is 0.505 e. The lowest BCUT2D eigenvalue weighted by atomic mass is 10.2. The molecule has 0 bridgehead atoms. The quantitative estimate of drug-likeness (QED) is 0.786. The van der Waals surface area contributed by atoms with E-state index >= 15 is 0 Å². The average Bonchev–Trinajstić information content (AvgIpc) is 2.55. The molecule has 0 fully saturated rings. The highest BCUT2D eigenvalue weighted by atomic mass is 35.5. The van der Waals surface area contributed by atoms with Gasteiger partial charge in [0, 0.05) is 18.6 Å². The standard InChI is InChI=1S/C15H11ClN4O2/c1-20(11-7-2-3-8-17-11)15(22)13-14(21)9-5-4-6-10(16)12(9)18-19-13/h2-8H,1H3,(H,18,21). The van der Waals surface area contributed by atoms with Crippen LogP contribution in [0.3, 0.4) is 0 Å². The Balaban J connectivity index is 2.07. The number of hydrogen-bond donors (Lipinski definition) is 1. The first-order valence-electron chi connectivity index (χ1n) is 6.42. The molecule has 0 radical (unpaired) electrons. The summed E-state index contributed by atoms with van der Waals surface area (Å²) >= 11 is 6.00. The highest BCUT2D eigenvalue weighted by Crippen LogP contribution is 2.30. The van der Waals surface area contributed by atoms with Crippen LogP contribution in [0.2, 0.25) is 5.02 Å². The van der Waals surface area contributed by atoms with E-state index in [1.165, 1.54) is 4.90 Å². The minimum Gasteiger partial charge on any atom is -0.505 e. The van der Waals surface area contributed by atoms with Crippen molar-refractivity contribution in [1.82, 2.24) is 15.2 Å². The van der Waals surface area contributed by atoms with Gasteiger partial charge in [-0.3, -0.25) is 9.69 Å². The van der Waals surface area contributed by atoms with Crippen LogP contribution >= 0.6 is 11.6 Å². The Labute approximate surface area is 131 Å². The summed E-state index contributed by atoms with van der Waals surface area (Å²) < 4.78 is 0. The number of aromatic hydroxyl groups is 1. The molecule has 7 heteroatoms. The fourth-order valence-electron chi connectivity index (χ4n) is 2.04. The van der Waals surface area contributed by atoms with Crippen molar-refractivity contribution in [3.63, 3.8) is 0 Å². The van der Waals surface area contributed by atoms with E-state index in [1.54, 1.807) is 49.6 Å². The number of benzene rings is 1. The SMILES string of the molecule is CN(C(=O)c1nnc2c(Cl)cccc2c1O)c1ccccn1. The lowest BCUT2D eigenvalue weighted by Gasteiger charge is -2.16. The van der Waals surface area contributed by atoms with Crippen molar-refractivity contribution in [3.8, 4) is 5.75 Å². The molecule has 2 heterocycles. The van der Waals surface area contributed by atoms with Gasteiger partial charge in [-0.15, -0.1) is 10.2 Å². The first-order valence-corrected chi connectivity index (χ1v) is 6.80. The van der Waals surface area contributed by atoms with Crippen molar-refractivity contribution >= 4 is 34.2 Å². The number of hydrogen-bond acceptors (Lipinski definition) is 5. The second-order valence-electron chi connectivity index (χ2n) is 4.59. The van der Waals surface area contributed by atoms with Gasteiger partial charge >= 0.3 is 0 Å². The summed E-state index contributed by atoms with van der Waals surface area (Å²) in [5.41, 5.74) is 0.196. The molecule has 0 aliphatic rings. The molecule has 0 spiro atoms. The molecule has 1 N–H and O–H groups in total. The van der Waals surface area contributed by atoms with Crippen molar-refractivity contribution in [3.05, 3.63) is 53.3 Å². The number of carbonyl (C=O) groups is 1. The van der Waals surface area contributed by atoms with Crippen LogP contribution in [0.25, 0.3) is 10.9 Å². The molecule has 22 heavy (non-hydrogen) atoms. The molecule has 3 aromatic rings. The lowest BCUT2D eigenvalue weighted by Crippen LogP contribution is -2.28. The number of halogens is 1. The summed E-state index contributed by atoms with van der Waals surface area (Å²) in [6, 6.07) is 10.1. The molecule has 0 aliphatic heterocycles. The minimum atomic E-state index is -0.509. The van der Waals surface area contributed by atoms with E-state index < -0.39 is 5.91 Å². The van der Waals surface area contributed by atoms with E-state index in [0.29, 0.717) is 21.7 Å². The summed E-state index contributed by atoms with van der Waals surface area (Å²) in [5.74, 6) is -0.314. The van der Waals surface area contributed by atoms with Gasteiger partial charge < -0.3 is 5.11 Å². The highest BCUT2D eigenvalue weighted by Gasteiger charge is 2.22. The van der Waals surface area contributed by atoms with Crippen LogP contribution in [-0.2, 0) is 0 Å². The minimum absolute atomic E-state index is 0.150. The van der Waals surface area contributed by atoms with E-state index in [0.717, 1.165) is 0 Å². The van der Waals surface area contributed by atoms with Crippen LogP contribution in [0.1, 0.15) is 10.5 Å². The third-order valence-electron chi connectivity index (χ3n) is 3.22. The summed E-state index contributed by atoms with van der Waals surface area (Å²) in [4.78, 5) is 17.9. The number of aromatic nitrogens is 3. The first-order chi connectivity index (χ1) is 10.6. The maximum Gasteiger partial charge on any atom is 0.283 e. The normalized spacial score (nSPS) is 10.6. The summed E-state index contributed by atoms with van der Waals surface area (Å²) in [6.07, 6.45) is 1.57. The number of pyridine rings is 1. The van der Waals surface area contributed by atoms with E-state index in [2.05, 4.69) is 15.2 Å². The van der Waals surface area contributed by atoms with Gasteiger partial charge in [0.1, 0.15) is 11.3 Å². The van der Waals surface area contributed by atoms with Gasteiger partial charge in [-0.1, -0.05) is 23.7 Å². The molecule has 110 valence electrons. The molecule has 0 aliphatic carbocycles. The van der Waals surface area contributed by atoms with Crippen molar-refractivity contribution in [2.45, 2.75) is 0 Å². The first kappa shape index (κ1) is 14.2. The van der Waals surface area contributed by atoms with Crippen LogP contribution in [-0.4, -0.2) is 33.2 Å². The van der Waals surface area contributed by atoms with E-state index in [4.69, 9.17) is 11.6 Å². The number of rotatable bonds is 2. The molecule has 1 aromatic carbocycles. The fourth-order valence-corrected chi connectivity index (χ4v) is 2.25. The van der Waals surface area contributed by atoms with E-state index in [1.807, 2.05) is 0 Å². The molecular weight excluding hydrogens is 304 g/mol. The second kappa shape index (κ2) is 5.57. The van der Waals surface area contributed by atoms with Crippen LogP contribution in [0.4, 0.5) is 5.82 Å². The Morgan fingerprint density at radius 1 is 1.18 bits per heavy atom. The molecule has 0 saturated carbocycles. The molecule has 2 aromatic heterocycles. The Hall–Kier alpha value is -2.73. The predicted molar refractivity (Wildman–Crippen MR) is 83.2 cm³/mol. The van der Waals surface area contributed by atoms with Crippen molar-refractivity contribution in [2.75, 3.05) is 11.9 Å². The summed E-state index contributed by atoms with van der Waals surface area (Å²) in [7, 11) is 1.55. The van der Waals surface area contributed by atoms with Crippen LogP contribution in [0.15, 0.2) is 42.6 Å². The van der Waals surface area contributed by atoms with Gasteiger partial charge in [0.2, 0.25) is 0 Å². The Morgan fingerprint density at radius 2 is 2.00 bits per heavy atom. The van der Waals surface area contributed by atoms with Crippen molar-refractivity contribution in [1.29, 1.82) is 0 Å². The highest BCUT2D eigenvalue weighted by molar-refractivity contribution is 6.35. The van der Waals surface area contributed by atoms with Gasteiger partial charge in [0.05, 0.1) is 5.02 Å². The topological polar surface area (TPSA) is 79.2 Å². The van der Waals surface area contributed by atoms with Crippen molar-refractivity contribution < 1.29 is 9.90 Å². The fraction of sp³-hybridized carbons (Fsp3) is 0.0667. The smallest absolute Gasteiger partial charge is 0.283 e. The molecule has 1 amide bonds. The molecule has 3 rings (SSSR count). The maximum absolute atomic E-state index is 12.5. The van der Waals surface area contributed by atoms with Crippen LogP contribution in [0.5, 0.6) is 5.75 Å². The molecular formula is C15H11ClN4O2. The number of amides is 1. The molecule has 0 atom stereocenters. The Bertz CT molecular complexity index is 855. The molecule has 6 nitrogen and oxygen atoms in total. The zero-order chi connectivity index (χ0) is 15.7. The lowest BCUT2D eigenvalue weighted by molar-refractivity contribution is 0.0984. The zero-order valence-electron chi connectivity index (χ0n) is 11.6.